The van der Waals surface area contributed by atoms with Gasteiger partial charge in [0.05, 0.1) is 0 Å². The van der Waals surface area contributed by atoms with Crippen molar-refractivity contribution in [1.82, 2.24) is 0 Å². The quantitative estimate of drug-likeness (QED) is 0.0965. The van der Waals surface area contributed by atoms with Crippen molar-refractivity contribution in [1.29, 1.82) is 0 Å². The summed E-state index contributed by atoms with van der Waals surface area (Å²) in [6, 6.07) is 20.5. The van der Waals surface area contributed by atoms with Crippen LogP contribution in [0.15, 0.2) is 59.6 Å². The number of hydrogen-bond acceptors (Lipinski definition) is 2. The van der Waals surface area contributed by atoms with E-state index in [9.17, 15) is 0 Å². The van der Waals surface area contributed by atoms with Gasteiger partial charge in [-0.2, -0.15) is 0 Å². The van der Waals surface area contributed by atoms with Crippen LogP contribution in [0.4, 0.5) is 5.69 Å². The Labute approximate surface area is 312 Å². The van der Waals surface area contributed by atoms with Gasteiger partial charge in [-0.05, 0) is 0 Å². The molecule has 0 aliphatic carbocycles. The summed E-state index contributed by atoms with van der Waals surface area (Å²) in [6.07, 6.45) is 0. The minimum absolute atomic E-state index is 0.0276. The topological polar surface area (TPSA) is 12.4 Å². The van der Waals surface area contributed by atoms with Crippen LogP contribution < -0.4 is 9.70 Å². The number of aliphatic imine (C=N–C) groups is 1. The second-order valence-corrected chi connectivity index (χ2v) is 30.5. The molecule has 0 N–H and O–H groups in total. The molecule has 0 saturated heterocycles. The Morgan fingerprint density at radius 1 is 0.653 bits per heavy atom. The molecule has 1 atom stereocenters. The molecule has 1 unspecified atom stereocenters. The maximum atomic E-state index is 7.81. The number of rotatable bonds is 8. The van der Waals surface area contributed by atoms with Crippen LogP contribution in [0.25, 0.3) is 0 Å². The van der Waals surface area contributed by atoms with E-state index >= 15 is 0 Å². The molecule has 3 radical (unpaired) electrons. The Kier molecular flexibility index (Phi) is 13.5. The molecule has 0 bridgehead atoms. The zero-order valence-electron chi connectivity index (χ0n) is 34.3. The molecule has 0 aliphatic rings. The van der Waals surface area contributed by atoms with E-state index in [1.165, 1.54) is 38.7 Å². The van der Waals surface area contributed by atoms with Crippen molar-refractivity contribution in [2.75, 3.05) is 0 Å². The van der Waals surface area contributed by atoms with Crippen molar-refractivity contribution in [3.63, 3.8) is 0 Å². The molecule has 3 aromatic carbocycles. The molecule has 0 saturated carbocycles. The monoisotopic (exact) mass is 758 g/mol. The summed E-state index contributed by atoms with van der Waals surface area (Å²) in [5, 5.41) is 1.32. The van der Waals surface area contributed by atoms with E-state index in [0.29, 0.717) is 17.8 Å². The third-order valence-corrected chi connectivity index (χ3v) is 24.9. The molecule has 4 heteroatoms. The Balaban J connectivity index is 2.48. The van der Waals surface area contributed by atoms with E-state index in [1.807, 2.05) is 0 Å². The average molecular weight is 758 g/mol. The summed E-state index contributed by atoms with van der Waals surface area (Å²) in [5.41, 5.74) is 9.49. The molecule has 0 aromatic heterocycles. The average Bonchev–Trinajstić information content (AvgIpc) is 2.95. The van der Waals surface area contributed by atoms with Crippen molar-refractivity contribution in [2.45, 2.75) is 163 Å². The Hall–Kier alpha value is -1.35. The first kappa shape index (κ1) is 42.1. The van der Waals surface area contributed by atoms with Gasteiger partial charge in [0.1, 0.15) is 0 Å². The predicted octanol–water partition coefficient (Wildman–Crippen LogP) is 13.8. The molecule has 49 heavy (non-hydrogen) atoms. The van der Waals surface area contributed by atoms with E-state index in [1.54, 1.807) is 4.40 Å². The number of para-hydroxylation sites is 1. The third-order valence-electron chi connectivity index (χ3n) is 9.25. The molecule has 1 nitrogen and oxygen atoms in total. The molecule has 267 valence electrons. The van der Waals surface area contributed by atoms with Crippen LogP contribution in [0.3, 0.4) is 0 Å². The third kappa shape index (κ3) is 10.4. The van der Waals surface area contributed by atoms with Gasteiger partial charge >= 0.3 is 314 Å². The number of hydrogen-bond donors (Lipinski definition) is 0. The van der Waals surface area contributed by atoms with Crippen LogP contribution in [-0.2, 0) is 16.2 Å². The number of benzene rings is 3. The Bertz CT molecular complexity index is 1540. The summed E-state index contributed by atoms with van der Waals surface area (Å²) >= 11 is -2.23. The van der Waals surface area contributed by atoms with Crippen LogP contribution in [0.5, 0.6) is 0 Å². The van der Waals surface area contributed by atoms with Crippen molar-refractivity contribution in [2.24, 2.45) is 4.99 Å². The molecule has 0 amide bonds. The second kappa shape index (κ2) is 15.7. The SMILES string of the molecule is [CH]P(C(=Nc1ccccc1)[S][Ge]([c]1c(C(C)C)cc(C(C)C)cc1C(C)C)[C](C)(C)C)c1c(C(C)(C)C)cc(C(C)(C)C)cc1C(C)(C)C. The Morgan fingerprint density at radius 3 is 1.45 bits per heavy atom. The maximum absolute atomic E-state index is 7.81. The van der Waals surface area contributed by atoms with Crippen LogP contribution in [0.2, 0.25) is 4.25 Å². The van der Waals surface area contributed by atoms with Crippen LogP contribution in [0.1, 0.15) is 176 Å². The molecule has 0 heterocycles. The summed E-state index contributed by atoms with van der Waals surface area (Å²) in [7, 11) is 0.831. The summed E-state index contributed by atoms with van der Waals surface area (Å²) in [6.45, 7) is 50.5. The first-order valence-electron chi connectivity index (χ1n) is 18.4. The van der Waals surface area contributed by atoms with Crippen LogP contribution in [0, 0.1) is 6.66 Å². The van der Waals surface area contributed by atoms with Gasteiger partial charge in [0.15, 0.2) is 0 Å². The van der Waals surface area contributed by atoms with Crippen molar-refractivity contribution < 1.29 is 0 Å². The van der Waals surface area contributed by atoms with Crippen molar-refractivity contribution in [3.8, 4) is 0 Å². The molecule has 0 fully saturated rings. The van der Waals surface area contributed by atoms with Gasteiger partial charge in [0, 0.05) is 0 Å². The number of nitrogens with zero attached hydrogens (tertiary/aromatic N) is 1. The zero-order chi connectivity index (χ0) is 37.4. The van der Waals surface area contributed by atoms with Gasteiger partial charge in [0.25, 0.3) is 0 Å². The van der Waals surface area contributed by atoms with Crippen molar-refractivity contribution >= 4 is 51.4 Å². The van der Waals surface area contributed by atoms with E-state index in [-0.39, 0.29) is 20.5 Å². The molecular formula is C45H67GeNPS. The van der Waals surface area contributed by atoms with Gasteiger partial charge in [-0.25, -0.2) is 0 Å². The fourth-order valence-corrected chi connectivity index (χ4v) is 22.0. The second-order valence-electron chi connectivity index (χ2n) is 19.0. The van der Waals surface area contributed by atoms with Crippen molar-refractivity contribution in [3.05, 3.63) is 94.6 Å². The molecule has 3 rings (SSSR count). The van der Waals surface area contributed by atoms with Gasteiger partial charge in [-0.1, -0.05) is 0 Å². The fourth-order valence-electron chi connectivity index (χ4n) is 6.19. The normalized spacial score (nSPS) is 14.5. The van der Waals surface area contributed by atoms with Gasteiger partial charge in [-0.3, -0.25) is 0 Å². The molecule has 0 aliphatic heterocycles. The first-order valence-corrected chi connectivity index (χ1v) is 25.3. The zero-order valence-corrected chi connectivity index (χ0v) is 38.1. The first-order chi connectivity index (χ1) is 22.2. The van der Waals surface area contributed by atoms with Crippen LogP contribution in [-0.4, -0.2) is 18.0 Å². The Morgan fingerprint density at radius 2 is 1.10 bits per heavy atom. The molecular weight excluding hydrogens is 690 g/mol. The fraction of sp³-hybridized carbons (Fsp3) is 0.556. The summed E-state index contributed by atoms with van der Waals surface area (Å²) in [4.78, 5) is 6.67. The summed E-state index contributed by atoms with van der Waals surface area (Å²) < 4.78 is 1.76. The van der Waals surface area contributed by atoms with E-state index in [0.717, 1.165) is 10.5 Å². The van der Waals surface area contributed by atoms with E-state index in [4.69, 9.17) is 11.7 Å². The molecule has 3 aromatic rings. The van der Waals surface area contributed by atoms with Gasteiger partial charge in [0.2, 0.25) is 0 Å². The van der Waals surface area contributed by atoms with Gasteiger partial charge < -0.3 is 0 Å². The van der Waals surface area contributed by atoms with Gasteiger partial charge in [-0.15, -0.1) is 0 Å². The van der Waals surface area contributed by atoms with Crippen LogP contribution >= 0.6 is 18.0 Å². The summed E-state index contributed by atoms with van der Waals surface area (Å²) in [5.74, 6) is 1.37. The standard InChI is InChI=1S/C45H67GeNPS/c1-29(2)32-25-35(30(3)4)39(36(26-32)31(5)6)46(45(16,17)18)49-41(47-34-23-21-20-22-24-34)48(19)40-37(43(10,11)12)27-33(42(7,8)9)28-38(40)44(13,14)15/h19-31H,1-18H3. The van der Waals surface area contributed by atoms with E-state index < -0.39 is 21.1 Å². The molecule has 0 spiro atoms. The predicted molar refractivity (Wildman–Crippen MR) is 228 cm³/mol. The van der Waals surface area contributed by atoms with E-state index in [2.05, 4.69) is 189 Å². The minimum atomic E-state index is -2.23.